The number of nitrogens with zero attached hydrogens (tertiary/aromatic N) is 1. The monoisotopic (exact) mass is 387 g/mol. The third kappa shape index (κ3) is 4.22. The molecule has 1 aliphatic rings. The summed E-state index contributed by atoms with van der Waals surface area (Å²) in [6.07, 6.45) is 1.96. The van der Waals surface area contributed by atoms with Crippen molar-refractivity contribution < 1.29 is 14.3 Å². The summed E-state index contributed by atoms with van der Waals surface area (Å²) in [6, 6.07) is 13.1. The van der Waals surface area contributed by atoms with Gasteiger partial charge in [-0.15, -0.1) is 0 Å². The molecule has 3 rings (SSSR count). The molecule has 5 heteroatoms. The standard InChI is InChI=1S/C22H26ClNO3/c1-5-6-21(25)24(16-8-10-17(26-4)11-9-16)19-14-22(2,3)27-20-12-7-15(23)13-18(19)20/h7-13,19H,5-6,14H2,1-4H3. The number of hydrogen-bond donors (Lipinski definition) is 0. The van der Waals surface area contributed by atoms with Crippen molar-refractivity contribution in [1.29, 1.82) is 0 Å². The van der Waals surface area contributed by atoms with Crippen molar-refractivity contribution in [2.45, 2.75) is 51.7 Å². The molecule has 0 saturated carbocycles. The number of methoxy groups -OCH3 is 1. The van der Waals surface area contributed by atoms with Gasteiger partial charge in [-0.2, -0.15) is 0 Å². The molecular formula is C22H26ClNO3. The van der Waals surface area contributed by atoms with Gasteiger partial charge in [-0.05, 0) is 62.7 Å². The number of fused-ring (bicyclic) bond motifs is 1. The van der Waals surface area contributed by atoms with Gasteiger partial charge in [-0.1, -0.05) is 18.5 Å². The Hall–Kier alpha value is -2.20. The second kappa shape index (κ2) is 7.81. The lowest BCUT2D eigenvalue weighted by Crippen LogP contribution is -2.44. The zero-order chi connectivity index (χ0) is 19.6. The largest absolute Gasteiger partial charge is 0.497 e. The number of hydrogen-bond acceptors (Lipinski definition) is 3. The van der Waals surface area contributed by atoms with Crippen molar-refractivity contribution >= 4 is 23.2 Å². The molecule has 0 N–H and O–H groups in total. The number of halogens is 1. The van der Waals surface area contributed by atoms with Crippen molar-refractivity contribution in [2.24, 2.45) is 0 Å². The molecule has 2 aromatic carbocycles. The summed E-state index contributed by atoms with van der Waals surface area (Å²) in [7, 11) is 1.63. The highest BCUT2D eigenvalue weighted by molar-refractivity contribution is 6.30. The first-order chi connectivity index (χ1) is 12.8. The first-order valence-corrected chi connectivity index (χ1v) is 9.67. The molecular weight excluding hydrogens is 362 g/mol. The molecule has 0 spiro atoms. The number of benzene rings is 2. The molecule has 4 nitrogen and oxygen atoms in total. The van der Waals surface area contributed by atoms with Crippen molar-refractivity contribution in [1.82, 2.24) is 0 Å². The molecule has 1 aliphatic heterocycles. The molecule has 2 aromatic rings. The third-order valence-corrected chi connectivity index (χ3v) is 5.03. The average Bonchev–Trinajstić information content (AvgIpc) is 2.62. The Morgan fingerprint density at radius 2 is 1.96 bits per heavy atom. The number of anilines is 1. The lowest BCUT2D eigenvalue weighted by Gasteiger charge is -2.42. The maximum atomic E-state index is 13.1. The molecule has 144 valence electrons. The first-order valence-electron chi connectivity index (χ1n) is 9.29. The Morgan fingerprint density at radius 1 is 1.26 bits per heavy atom. The van der Waals surface area contributed by atoms with Gasteiger partial charge in [0.15, 0.2) is 0 Å². The molecule has 1 atom stereocenters. The summed E-state index contributed by atoms with van der Waals surface area (Å²) in [4.78, 5) is 15.0. The maximum absolute atomic E-state index is 13.1. The van der Waals surface area contributed by atoms with Crippen LogP contribution in [-0.4, -0.2) is 18.6 Å². The minimum atomic E-state index is -0.386. The average molecular weight is 388 g/mol. The van der Waals surface area contributed by atoms with Gasteiger partial charge in [0.2, 0.25) is 5.91 Å². The highest BCUT2D eigenvalue weighted by Gasteiger charge is 2.39. The topological polar surface area (TPSA) is 38.8 Å². The summed E-state index contributed by atoms with van der Waals surface area (Å²) < 4.78 is 11.4. The number of ether oxygens (including phenoxy) is 2. The fourth-order valence-electron chi connectivity index (χ4n) is 3.59. The van der Waals surface area contributed by atoms with Gasteiger partial charge in [0.1, 0.15) is 17.1 Å². The van der Waals surface area contributed by atoms with E-state index in [1.807, 2.05) is 68.1 Å². The summed E-state index contributed by atoms with van der Waals surface area (Å²) in [6.45, 7) is 6.12. The van der Waals surface area contributed by atoms with E-state index < -0.39 is 0 Å². The SMILES string of the molecule is CCCC(=O)N(c1ccc(OC)cc1)C1CC(C)(C)Oc2ccc(Cl)cc21. The van der Waals surface area contributed by atoms with Crippen LogP contribution < -0.4 is 14.4 Å². The Morgan fingerprint density at radius 3 is 2.59 bits per heavy atom. The molecule has 27 heavy (non-hydrogen) atoms. The molecule has 1 amide bonds. The van der Waals surface area contributed by atoms with Gasteiger partial charge in [0.05, 0.1) is 13.2 Å². The minimum Gasteiger partial charge on any atom is -0.497 e. The van der Waals surface area contributed by atoms with E-state index in [9.17, 15) is 4.79 Å². The van der Waals surface area contributed by atoms with Crippen molar-refractivity contribution in [3.8, 4) is 11.5 Å². The summed E-state index contributed by atoms with van der Waals surface area (Å²) in [5.74, 6) is 1.64. The predicted octanol–water partition coefficient (Wildman–Crippen LogP) is 5.78. The zero-order valence-electron chi connectivity index (χ0n) is 16.3. The van der Waals surface area contributed by atoms with Crippen LogP contribution in [0, 0.1) is 0 Å². The Balaban J connectivity index is 2.10. The van der Waals surface area contributed by atoms with E-state index in [-0.39, 0.29) is 17.6 Å². The molecule has 0 fully saturated rings. The number of carbonyl (C=O) groups is 1. The molecule has 0 aromatic heterocycles. The smallest absolute Gasteiger partial charge is 0.227 e. The van der Waals surface area contributed by atoms with Gasteiger partial charge in [-0.3, -0.25) is 4.79 Å². The summed E-state index contributed by atoms with van der Waals surface area (Å²) in [5.41, 5.74) is 1.41. The molecule has 1 heterocycles. The Kier molecular flexibility index (Phi) is 5.66. The van der Waals surface area contributed by atoms with E-state index in [0.29, 0.717) is 17.9 Å². The zero-order valence-corrected chi connectivity index (χ0v) is 17.0. The van der Waals surface area contributed by atoms with Crippen LogP contribution in [0.25, 0.3) is 0 Å². The van der Waals surface area contributed by atoms with Crippen LogP contribution in [0.4, 0.5) is 5.69 Å². The fraction of sp³-hybridized carbons (Fsp3) is 0.409. The van der Waals surface area contributed by atoms with Crippen molar-refractivity contribution in [3.63, 3.8) is 0 Å². The van der Waals surface area contributed by atoms with Crippen LogP contribution in [0.15, 0.2) is 42.5 Å². The Labute approximate surface area is 166 Å². The van der Waals surface area contributed by atoms with Crippen LogP contribution in [0.2, 0.25) is 5.02 Å². The highest BCUT2D eigenvalue weighted by Crippen LogP contribution is 2.45. The van der Waals surface area contributed by atoms with E-state index in [1.54, 1.807) is 7.11 Å². The number of amides is 1. The second-order valence-electron chi connectivity index (χ2n) is 7.48. The summed E-state index contributed by atoms with van der Waals surface area (Å²) in [5, 5.41) is 0.639. The van der Waals surface area contributed by atoms with Crippen molar-refractivity contribution in [3.05, 3.63) is 53.1 Å². The van der Waals surface area contributed by atoms with Gasteiger partial charge in [0.25, 0.3) is 0 Å². The molecule has 1 unspecified atom stereocenters. The second-order valence-corrected chi connectivity index (χ2v) is 7.91. The first kappa shape index (κ1) is 19.6. The van der Waals surface area contributed by atoms with Crippen LogP contribution in [0.1, 0.15) is 51.6 Å². The third-order valence-electron chi connectivity index (χ3n) is 4.80. The minimum absolute atomic E-state index is 0.0938. The van der Waals surface area contributed by atoms with Crippen LogP contribution in [0.3, 0.4) is 0 Å². The highest BCUT2D eigenvalue weighted by atomic mass is 35.5. The van der Waals surface area contributed by atoms with Gasteiger partial charge in [0, 0.05) is 29.1 Å². The lowest BCUT2D eigenvalue weighted by molar-refractivity contribution is -0.119. The van der Waals surface area contributed by atoms with E-state index in [1.165, 1.54) is 0 Å². The van der Waals surface area contributed by atoms with Gasteiger partial charge < -0.3 is 14.4 Å². The molecule has 0 bridgehead atoms. The quantitative estimate of drug-likeness (QED) is 0.652. The molecule has 0 saturated heterocycles. The molecule has 0 aliphatic carbocycles. The summed E-state index contributed by atoms with van der Waals surface area (Å²) >= 11 is 6.27. The van der Waals surface area contributed by atoms with E-state index in [2.05, 4.69) is 0 Å². The number of carbonyl (C=O) groups excluding carboxylic acids is 1. The lowest BCUT2D eigenvalue weighted by atomic mass is 9.88. The van der Waals surface area contributed by atoms with Crippen LogP contribution in [-0.2, 0) is 4.79 Å². The van der Waals surface area contributed by atoms with E-state index in [0.717, 1.165) is 29.2 Å². The molecule has 0 radical (unpaired) electrons. The van der Waals surface area contributed by atoms with Gasteiger partial charge >= 0.3 is 0 Å². The Bertz CT molecular complexity index is 817. The van der Waals surface area contributed by atoms with Gasteiger partial charge in [-0.25, -0.2) is 0 Å². The van der Waals surface area contributed by atoms with Crippen LogP contribution in [0.5, 0.6) is 11.5 Å². The van der Waals surface area contributed by atoms with E-state index in [4.69, 9.17) is 21.1 Å². The van der Waals surface area contributed by atoms with E-state index >= 15 is 0 Å². The number of rotatable bonds is 5. The van der Waals surface area contributed by atoms with Crippen LogP contribution >= 0.6 is 11.6 Å². The normalized spacial score (nSPS) is 17.6. The van der Waals surface area contributed by atoms with Crippen molar-refractivity contribution in [2.75, 3.05) is 12.0 Å². The predicted molar refractivity (Wildman–Crippen MR) is 109 cm³/mol. The fourth-order valence-corrected chi connectivity index (χ4v) is 3.77. The maximum Gasteiger partial charge on any atom is 0.227 e.